The Morgan fingerprint density at radius 2 is 0.812 bits per heavy atom. The fourth-order valence-corrected chi connectivity index (χ4v) is 5.85. The van der Waals surface area contributed by atoms with Gasteiger partial charge in [0.1, 0.15) is 0 Å². The van der Waals surface area contributed by atoms with Crippen LogP contribution in [0, 0.1) is 0 Å². The molecule has 0 aromatic carbocycles. The minimum Gasteiger partial charge on any atom is -0.343 e. The largest absolute Gasteiger partial charge is 0.343 e. The Morgan fingerprint density at radius 1 is 0.438 bits per heavy atom. The molecule has 2 saturated heterocycles. The van der Waals surface area contributed by atoms with Crippen LogP contribution in [0.15, 0.2) is 9.98 Å². The third-order valence-electron chi connectivity index (χ3n) is 7.63. The Kier molecular flexibility index (Phi) is 9.84. The summed E-state index contributed by atoms with van der Waals surface area (Å²) in [6.07, 6.45) is 19.1. The van der Waals surface area contributed by atoms with Gasteiger partial charge in [0.25, 0.3) is 0 Å². The van der Waals surface area contributed by atoms with E-state index in [1.165, 1.54) is 154 Å². The van der Waals surface area contributed by atoms with Crippen LogP contribution in [0.5, 0.6) is 0 Å². The zero-order valence-corrected chi connectivity index (χ0v) is 20.7. The predicted molar refractivity (Wildman–Crippen MR) is 136 cm³/mol. The molecule has 0 atom stereocenters. The molecule has 6 nitrogen and oxygen atoms in total. The van der Waals surface area contributed by atoms with E-state index in [-0.39, 0.29) is 0 Å². The maximum absolute atomic E-state index is 4.81. The van der Waals surface area contributed by atoms with Crippen molar-refractivity contribution < 1.29 is 0 Å². The Hall–Kier alpha value is -1.46. The minimum atomic E-state index is 1.04. The maximum Gasteiger partial charge on any atom is 0.196 e. The summed E-state index contributed by atoms with van der Waals surface area (Å²) in [5.41, 5.74) is 0. The fraction of sp³-hybridized carbons (Fsp3) is 0.923. The van der Waals surface area contributed by atoms with Crippen molar-refractivity contribution in [2.75, 3.05) is 65.4 Å². The van der Waals surface area contributed by atoms with E-state index in [0.717, 1.165) is 13.1 Å². The van der Waals surface area contributed by atoms with Crippen molar-refractivity contribution in [2.24, 2.45) is 9.98 Å². The Morgan fingerprint density at radius 3 is 1.25 bits per heavy atom. The van der Waals surface area contributed by atoms with Crippen LogP contribution < -0.4 is 0 Å². The van der Waals surface area contributed by atoms with Crippen LogP contribution in [0.2, 0.25) is 0 Å². The molecule has 4 rings (SSSR count). The Labute approximate surface area is 197 Å². The summed E-state index contributed by atoms with van der Waals surface area (Å²) in [5, 5.41) is 0. The number of guanidine groups is 2. The first-order valence-corrected chi connectivity index (χ1v) is 14.0. The van der Waals surface area contributed by atoms with Crippen molar-refractivity contribution in [3.05, 3.63) is 0 Å². The third-order valence-corrected chi connectivity index (χ3v) is 7.63. The first-order valence-electron chi connectivity index (χ1n) is 14.0. The molecular formula is C26H48N6. The molecule has 0 radical (unpaired) electrons. The average molecular weight is 445 g/mol. The van der Waals surface area contributed by atoms with Crippen molar-refractivity contribution in [1.29, 1.82) is 0 Å². The second-order valence-corrected chi connectivity index (χ2v) is 10.3. The van der Waals surface area contributed by atoms with Crippen LogP contribution in [0.4, 0.5) is 0 Å². The number of unbranched alkanes of at least 4 members (excludes halogenated alkanes) is 9. The molecule has 0 aromatic heterocycles. The summed E-state index contributed by atoms with van der Waals surface area (Å²) in [6.45, 7) is 11.8. The van der Waals surface area contributed by atoms with Gasteiger partial charge < -0.3 is 19.6 Å². The van der Waals surface area contributed by atoms with Gasteiger partial charge in [0.15, 0.2) is 11.9 Å². The standard InChI is InChI=1S/C26H48N6/c1(3-5-7-9-17-29-21-13-23-31-19-11-15-27-25(29)31)2-4-6-8-10-18-30-22-14-24-32-20-12-16-28-26(30)32/h1-24H2. The molecule has 0 spiro atoms. The van der Waals surface area contributed by atoms with Crippen LogP contribution in [0.3, 0.4) is 0 Å². The van der Waals surface area contributed by atoms with E-state index in [1.807, 2.05) is 0 Å². The molecule has 0 unspecified atom stereocenters. The second-order valence-electron chi connectivity index (χ2n) is 10.3. The predicted octanol–water partition coefficient (Wildman–Crippen LogP) is 4.42. The van der Waals surface area contributed by atoms with Crippen molar-refractivity contribution >= 4 is 11.9 Å². The SMILES string of the molecule is C(CCCCCCN1CCCN2CCCN=C12)CCCCCN1CCCN2CCCN=C12. The van der Waals surface area contributed by atoms with Crippen molar-refractivity contribution in [3.63, 3.8) is 0 Å². The summed E-state index contributed by atoms with van der Waals surface area (Å²) in [4.78, 5) is 19.8. The lowest BCUT2D eigenvalue weighted by Crippen LogP contribution is -2.52. The zero-order chi connectivity index (χ0) is 21.8. The van der Waals surface area contributed by atoms with E-state index in [4.69, 9.17) is 9.98 Å². The normalized spacial score (nSPS) is 21.2. The van der Waals surface area contributed by atoms with Crippen LogP contribution in [0.25, 0.3) is 0 Å². The van der Waals surface area contributed by atoms with E-state index >= 15 is 0 Å². The highest BCUT2D eigenvalue weighted by atomic mass is 15.4. The maximum atomic E-state index is 4.81. The first kappa shape index (κ1) is 23.7. The van der Waals surface area contributed by atoms with Crippen molar-refractivity contribution in [1.82, 2.24) is 19.6 Å². The highest BCUT2D eigenvalue weighted by Crippen LogP contribution is 2.17. The molecule has 4 aliphatic rings. The van der Waals surface area contributed by atoms with Crippen LogP contribution in [-0.4, -0.2) is 97.0 Å². The monoisotopic (exact) mass is 444 g/mol. The number of hydrogen-bond acceptors (Lipinski definition) is 6. The molecule has 0 aromatic rings. The van der Waals surface area contributed by atoms with Crippen molar-refractivity contribution in [2.45, 2.75) is 89.9 Å². The lowest BCUT2D eigenvalue weighted by Gasteiger charge is -2.41. The molecule has 0 aliphatic carbocycles. The Bertz CT molecular complexity index is 551. The van der Waals surface area contributed by atoms with E-state index in [1.54, 1.807) is 0 Å². The summed E-state index contributed by atoms with van der Waals surface area (Å²) in [5.74, 6) is 2.62. The van der Waals surface area contributed by atoms with Gasteiger partial charge >= 0.3 is 0 Å². The lowest BCUT2D eigenvalue weighted by molar-refractivity contribution is 0.241. The number of nitrogens with zero attached hydrogens (tertiary/aromatic N) is 6. The molecule has 0 bridgehead atoms. The number of hydrogen-bond donors (Lipinski definition) is 0. The van der Waals surface area contributed by atoms with Crippen LogP contribution >= 0.6 is 0 Å². The number of rotatable bonds is 13. The average Bonchev–Trinajstić information content (AvgIpc) is 2.85. The molecule has 182 valence electrons. The minimum absolute atomic E-state index is 1.04. The number of aliphatic imine (C=N–C) groups is 2. The second kappa shape index (κ2) is 13.3. The van der Waals surface area contributed by atoms with Gasteiger partial charge in [0, 0.05) is 65.4 Å². The summed E-state index contributed by atoms with van der Waals surface area (Å²) in [7, 11) is 0. The van der Waals surface area contributed by atoms with E-state index in [2.05, 4.69) is 19.6 Å². The fourth-order valence-electron chi connectivity index (χ4n) is 5.85. The lowest BCUT2D eigenvalue weighted by atomic mass is 10.1. The van der Waals surface area contributed by atoms with Crippen molar-refractivity contribution in [3.8, 4) is 0 Å². The van der Waals surface area contributed by atoms with E-state index < -0.39 is 0 Å². The Balaban J connectivity index is 0.952. The third kappa shape index (κ3) is 7.02. The van der Waals surface area contributed by atoms with E-state index in [9.17, 15) is 0 Å². The molecule has 4 heterocycles. The molecule has 2 fully saturated rings. The molecule has 4 aliphatic heterocycles. The van der Waals surface area contributed by atoms with Gasteiger partial charge in [0.05, 0.1) is 0 Å². The molecule has 0 N–H and O–H groups in total. The smallest absolute Gasteiger partial charge is 0.196 e. The highest BCUT2D eigenvalue weighted by Gasteiger charge is 2.25. The van der Waals surface area contributed by atoms with Gasteiger partial charge in [-0.2, -0.15) is 0 Å². The van der Waals surface area contributed by atoms with Crippen LogP contribution in [0.1, 0.15) is 89.9 Å². The highest BCUT2D eigenvalue weighted by molar-refractivity contribution is 5.81. The zero-order valence-electron chi connectivity index (χ0n) is 20.7. The summed E-state index contributed by atoms with van der Waals surface area (Å²) in [6, 6.07) is 0. The van der Waals surface area contributed by atoms with Gasteiger partial charge in [-0.3, -0.25) is 9.98 Å². The first-order chi connectivity index (χ1) is 15.9. The molecule has 6 heteroatoms. The van der Waals surface area contributed by atoms with Gasteiger partial charge in [0.2, 0.25) is 0 Å². The molecule has 0 amide bonds. The van der Waals surface area contributed by atoms with Gasteiger partial charge in [-0.1, -0.05) is 51.4 Å². The topological polar surface area (TPSA) is 37.7 Å². The van der Waals surface area contributed by atoms with Gasteiger partial charge in [-0.05, 0) is 38.5 Å². The van der Waals surface area contributed by atoms with Gasteiger partial charge in [-0.25, -0.2) is 0 Å². The summed E-state index contributed by atoms with van der Waals surface area (Å²) >= 11 is 0. The van der Waals surface area contributed by atoms with Crippen LogP contribution in [-0.2, 0) is 0 Å². The quantitative estimate of drug-likeness (QED) is 0.394. The van der Waals surface area contributed by atoms with E-state index in [0.29, 0.717) is 0 Å². The number of fused-ring (bicyclic) bond motifs is 2. The molecule has 0 saturated carbocycles. The summed E-state index contributed by atoms with van der Waals surface area (Å²) < 4.78 is 0. The molecule has 32 heavy (non-hydrogen) atoms. The van der Waals surface area contributed by atoms with Gasteiger partial charge in [-0.15, -0.1) is 0 Å². The molecular weight excluding hydrogens is 396 g/mol.